The maximum atomic E-state index is 8.93. The highest BCUT2D eigenvalue weighted by atomic mass is 16.5. The van der Waals surface area contributed by atoms with E-state index in [0.29, 0.717) is 5.69 Å². The third-order valence-corrected chi connectivity index (χ3v) is 2.71. The zero-order valence-corrected chi connectivity index (χ0v) is 8.68. The second-order valence-electron chi connectivity index (χ2n) is 3.58. The van der Waals surface area contributed by atoms with Crippen molar-refractivity contribution in [2.75, 3.05) is 25.1 Å². The molecule has 0 unspecified atom stereocenters. The molecule has 0 amide bonds. The number of rotatable bonds is 2. The molecule has 0 aromatic carbocycles. The lowest BCUT2D eigenvalue weighted by Gasteiger charge is -2.18. The highest BCUT2D eigenvalue weighted by molar-refractivity contribution is 5.56. The van der Waals surface area contributed by atoms with E-state index in [9.17, 15) is 0 Å². The van der Waals surface area contributed by atoms with Crippen LogP contribution in [0.2, 0.25) is 0 Å². The zero-order valence-electron chi connectivity index (χ0n) is 8.68. The summed E-state index contributed by atoms with van der Waals surface area (Å²) in [6.07, 6.45) is 2.93. The number of anilines is 1. The molecule has 15 heavy (non-hydrogen) atoms. The summed E-state index contributed by atoms with van der Waals surface area (Å²) < 4.78 is 5.29. The first-order valence-corrected chi connectivity index (χ1v) is 4.98. The van der Waals surface area contributed by atoms with Crippen LogP contribution in [0.4, 0.5) is 5.69 Å². The van der Waals surface area contributed by atoms with Gasteiger partial charge in [0.15, 0.2) is 5.69 Å². The van der Waals surface area contributed by atoms with Gasteiger partial charge in [-0.3, -0.25) is 0 Å². The maximum Gasteiger partial charge on any atom is 0.163 e. The van der Waals surface area contributed by atoms with Gasteiger partial charge in [0.1, 0.15) is 6.07 Å². The van der Waals surface area contributed by atoms with Gasteiger partial charge >= 0.3 is 0 Å². The number of pyridine rings is 1. The van der Waals surface area contributed by atoms with Gasteiger partial charge in [-0.1, -0.05) is 0 Å². The van der Waals surface area contributed by atoms with Crippen molar-refractivity contribution in [3.05, 3.63) is 24.0 Å². The Bertz CT molecular complexity index is 386. The molecule has 1 aliphatic rings. The van der Waals surface area contributed by atoms with E-state index in [4.69, 9.17) is 10.00 Å². The minimum atomic E-state index is 0.275. The van der Waals surface area contributed by atoms with E-state index >= 15 is 0 Å². The van der Waals surface area contributed by atoms with E-state index in [1.165, 1.54) is 0 Å². The lowest BCUT2D eigenvalue weighted by atomic mass is 10.3. The van der Waals surface area contributed by atoms with Crippen molar-refractivity contribution in [2.45, 2.75) is 12.5 Å². The molecule has 4 heteroatoms. The molecule has 78 valence electrons. The third kappa shape index (κ3) is 1.92. The Balaban J connectivity index is 2.20. The van der Waals surface area contributed by atoms with Gasteiger partial charge in [-0.05, 0) is 18.6 Å². The van der Waals surface area contributed by atoms with Gasteiger partial charge in [0.05, 0.1) is 11.8 Å². The van der Waals surface area contributed by atoms with Gasteiger partial charge in [0.25, 0.3) is 0 Å². The van der Waals surface area contributed by atoms with E-state index in [1.54, 1.807) is 13.3 Å². The highest BCUT2D eigenvalue weighted by Crippen LogP contribution is 2.23. The van der Waals surface area contributed by atoms with Crippen molar-refractivity contribution >= 4 is 5.69 Å². The number of nitriles is 1. The molecule has 2 rings (SSSR count). The quantitative estimate of drug-likeness (QED) is 0.724. The molecule has 0 aliphatic carbocycles. The predicted octanol–water partition coefficient (Wildman–Crippen LogP) is 1.18. The smallest absolute Gasteiger partial charge is 0.163 e. The number of aromatic nitrogens is 1. The second-order valence-corrected chi connectivity index (χ2v) is 3.58. The second kappa shape index (κ2) is 4.28. The van der Waals surface area contributed by atoms with Crippen LogP contribution in [-0.2, 0) is 4.74 Å². The van der Waals surface area contributed by atoms with E-state index < -0.39 is 0 Å². The van der Waals surface area contributed by atoms with E-state index in [2.05, 4.69) is 16.0 Å². The molecule has 1 atom stereocenters. The molecular formula is C11H13N3O. The topological polar surface area (TPSA) is 49.1 Å². The fourth-order valence-corrected chi connectivity index (χ4v) is 1.88. The minimum absolute atomic E-state index is 0.275. The fourth-order valence-electron chi connectivity index (χ4n) is 1.88. The van der Waals surface area contributed by atoms with Crippen molar-refractivity contribution in [3.8, 4) is 6.07 Å². The monoisotopic (exact) mass is 203 g/mol. The molecule has 1 aromatic rings. The summed E-state index contributed by atoms with van der Waals surface area (Å²) in [6.45, 7) is 1.77. The Morgan fingerprint density at radius 3 is 3.20 bits per heavy atom. The van der Waals surface area contributed by atoms with Crippen LogP contribution in [0.15, 0.2) is 18.3 Å². The van der Waals surface area contributed by atoms with E-state index in [0.717, 1.165) is 25.2 Å². The number of hydrogen-bond donors (Lipinski definition) is 0. The van der Waals surface area contributed by atoms with Gasteiger partial charge in [-0.25, -0.2) is 4.98 Å². The first-order valence-electron chi connectivity index (χ1n) is 4.98. The average Bonchev–Trinajstić information content (AvgIpc) is 2.77. The van der Waals surface area contributed by atoms with Crippen LogP contribution < -0.4 is 4.90 Å². The number of methoxy groups -OCH3 is 1. The van der Waals surface area contributed by atoms with Crippen LogP contribution in [0.3, 0.4) is 0 Å². The summed E-state index contributed by atoms with van der Waals surface area (Å²) in [4.78, 5) is 6.20. The Kier molecular flexibility index (Phi) is 2.84. The lowest BCUT2D eigenvalue weighted by molar-refractivity contribution is 0.121. The molecule has 0 radical (unpaired) electrons. The van der Waals surface area contributed by atoms with Crippen LogP contribution in [0.25, 0.3) is 0 Å². The summed E-state index contributed by atoms with van der Waals surface area (Å²) >= 11 is 0. The van der Waals surface area contributed by atoms with Crippen LogP contribution in [0.1, 0.15) is 12.1 Å². The molecule has 0 bridgehead atoms. The highest BCUT2D eigenvalue weighted by Gasteiger charge is 2.23. The SMILES string of the molecule is CO[C@@H]1CCN(c2cccnc2C#N)C1. The first-order chi connectivity index (χ1) is 7.35. The summed E-state index contributed by atoms with van der Waals surface area (Å²) in [5, 5.41) is 8.93. The molecule has 1 saturated heterocycles. The summed E-state index contributed by atoms with van der Waals surface area (Å²) in [6, 6.07) is 5.90. The minimum Gasteiger partial charge on any atom is -0.380 e. The lowest BCUT2D eigenvalue weighted by Crippen LogP contribution is -2.23. The van der Waals surface area contributed by atoms with Crippen LogP contribution in [0.5, 0.6) is 0 Å². The molecule has 0 saturated carbocycles. The Hall–Kier alpha value is -1.60. The summed E-state index contributed by atoms with van der Waals surface area (Å²) in [5.41, 5.74) is 1.41. The number of hydrogen-bond acceptors (Lipinski definition) is 4. The van der Waals surface area contributed by atoms with E-state index in [1.807, 2.05) is 12.1 Å². The van der Waals surface area contributed by atoms with Crippen molar-refractivity contribution in [1.29, 1.82) is 5.26 Å². The summed E-state index contributed by atoms with van der Waals surface area (Å²) in [5.74, 6) is 0. The first kappa shape index (κ1) is 9.94. The Labute approximate surface area is 89.1 Å². The van der Waals surface area contributed by atoms with Crippen LogP contribution in [-0.4, -0.2) is 31.3 Å². The average molecular weight is 203 g/mol. The molecule has 0 N–H and O–H groups in total. The van der Waals surface area contributed by atoms with Gasteiger partial charge in [0, 0.05) is 26.4 Å². The molecule has 1 fully saturated rings. The van der Waals surface area contributed by atoms with Gasteiger partial charge < -0.3 is 9.64 Å². The fraction of sp³-hybridized carbons (Fsp3) is 0.455. The normalized spacial score (nSPS) is 20.3. The zero-order chi connectivity index (χ0) is 10.7. The van der Waals surface area contributed by atoms with Crippen molar-refractivity contribution < 1.29 is 4.74 Å². The number of ether oxygens (including phenoxy) is 1. The van der Waals surface area contributed by atoms with E-state index in [-0.39, 0.29) is 6.10 Å². The Morgan fingerprint density at radius 1 is 1.67 bits per heavy atom. The maximum absolute atomic E-state index is 8.93. The standard InChI is InChI=1S/C11H13N3O/c1-15-9-4-6-14(8-9)11-3-2-5-13-10(11)7-12/h2-3,5,9H,4,6,8H2,1H3/t9-/m1/s1. The van der Waals surface area contributed by atoms with Gasteiger partial charge in [-0.15, -0.1) is 0 Å². The summed E-state index contributed by atoms with van der Waals surface area (Å²) in [7, 11) is 1.72. The molecule has 4 nitrogen and oxygen atoms in total. The van der Waals surface area contributed by atoms with Crippen molar-refractivity contribution in [3.63, 3.8) is 0 Å². The number of nitrogens with zero attached hydrogens (tertiary/aromatic N) is 3. The van der Waals surface area contributed by atoms with Crippen molar-refractivity contribution in [1.82, 2.24) is 4.98 Å². The predicted molar refractivity (Wildman–Crippen MR) is 56.6 cm³/mol. The third-order valence-electron chi connectivity index (χ3n) is 2.71. The Morgan fingerprint density at radius 2 is 2.53 bits per heavy atom. The van der Waals surface area contributed by atoms with Gasteiger partial charge in [0.2, 0.25) is 0 Å². The van der Waals surface area contributed by atoms with Gasteiger partial charge in [-0.2, -0.15) is 5.26 Å². The molecule has 1 aromatic heterocycles. The van der Waals surface area contributed by atoms with Crippen LogP contribution >= 0.6 is 0 Å². The molecular weight excluding hydrogens is 190 g/mol. The largest absolute Gasteiger partial charge is 0.380 e. The van der Waals surface area contributed by atoms with Crippen molar-refractivity contribution in [2.24, 2.45) is 0 Å². The molecule has 2 heterocycles. The molecule has 1 aliphatic heterocycles. The van der Waals surface area contributed by atoms with Crippen LogP contribution in [0, 0.1) is 11.3 Å². The molecule has 0 spiro atoms.